The number of rotatable bonds is 7. The maximum Gasteiger partial charge on any atom is 0.352 e. The van der Waals surface area contributed by atoms with E-state index in [1.807, 2.05) is 49.4 Å². The number of ether oxygens (including phenoxy) is 2. The van der Waals surface area contributed by atoms with Crippen LogP contribution in [0.4, 0.5) is 0 Å². The molecule has 1 aliphatic heterocycles. The highest BCUT2D eigenvalue weighted by Gasteiger charge is 2.33. The molecule has 0 bridgehead atoms. The number of para-hydroxylation sites is 1. The topological polar surface area (TPSA) is 84.9 Å². The van der Waals surface area contributed by atoms with E-state index in [1.165, 1.54) is 6.08 Å². The molecular formula is C28H26BrNO5. The van der Waals surface area contributed by atoms with Gasteiger partial charge in [-0.2, -0.15) is 0 Å². The third-order valence-electron chi connectivity index (χ3n) is 5.92. The molecule has 0 fully saturated rings. The molecule has 0 saturated carbocycles. The van der Waals surface area contributed by atoms with Crippen LogP contribution in [0.1, 0.15) is 37.5 Å². The minimum absolute atomic E-state index is 0.102. The lowest BCUT2D eigenvalue weighted by atomic mass is 9.82. The van der Waals surface area contributed by atoms with Crippen molar-refractivity contribution in [3.63, 3.8) is 0 Å². The summed E-state index contributed by atoms with van der Waals surface area (Å²) in [5.74, 6) is 0.469. The average Bonchev–Trinajstić information content (AvgIpc) is 3.20. The molecule has 1 amide bonds. The standard InChI is InChI=1S/C28H26BrNO5/c1-17-14-19-16-20(10-13-24(19)34-17)28(2,3)27(33)30-23(26(31)32)15-18-8-11-21(12-9-18)35-25-7-5-4-6-22(25)29/h4-13,15-17H,14H2,1-3H3,(H,30,33)(H,31,32)/b23-15+. The van der Waals surface area contributed by atoms with E-state index >= 15 is 0 Å². The van der Waals surface area contributed by atoms with Gasteiger partial charge < -0.3 is 19.9 Å². The number of benzene rings is 3. The molecule has 1 heterocycles. The predicted octanol–water partition coefficient (Wildman–Crippen LogP) is 6.08. The van der Waals surface area contributed by atoms with Gasteiger partial charge in [-0.3, -0.25) is 4.79 Å². The van der Waals surface area contributed by atoms with Crippen LogP contribution < -0.4 is 14.8 Å². The zero-order valence-corrected chi connectivity index (χ0v) is 21.3. The molecule has 180 valence electrons. The van der Waals surface area contributed by atoms with Crippen LogP contribution in [-0.2, 0) is 21.4 Å². The lowest BCUT2D eigenvalue weighted by Gasteiger charge is -2.25. The number of halogens is 1. The summed E-state index contributed by atoms with van der Waals surface area (Å²) < 4.78 is 12.4. The van der Waals surface area contributed by atoms with E-state index in [4.69, 9.17) is 9.47 Å². The van der Waals surface area contributed by atoms with Gasteiger partial charge in [-0.15, -0.1) is 0 Å². The smallest absolute Gasteiger partial charge is 0.352 e. The molecule has 0 spiro atoms. The highest BCUT2D eigenvalue weighted by atomic mass is 79.9. The first kappa shape index (κ1) is 24.5. The van der Waals surface area contributed by atoms with E-state index in [1.54, 1.807) is 38.1 Å². The van der Waals surface area contributed by atoms with Crippen LogP contribution in [0.15, 0.2) is 76.9 Å². The molecule has 3 aromatic rings. The lowest BCUT2D eigenvalue weighted by Crippen LogP contribution is -2.41. The highest BCUT2D eigenvalue weighted by molar-refractivity contribution is 9.10. The molecule has 0 radical (unpaired) electrons. The van der Waals surface area contributed by atoms with Crippen molar-refractivity contribution in [3.05, 3.63) is 93.6 Å². The highest BCUT2D eigenvalue weighted by Crippen LogP contribution is 2.34. The van der Waals surface area contributed by atoms with Crippen molar-refractivity contribution in [1.82, 2.24) is 5.32 Å². The molecule has 0 aromatic heterocycles. The molecule has 0 saturated heterocycles. The number of hydrogen-bond acceptors (Lipinski definition) is 4. The summed E-state index contributed by atoms with van der Waals surface area (Å²) in [6, 6.07) is 20.1. The fourth-order valence-corrected chi connectivity index (χ4v) is 4.19. The number of carboxylic acid groups (broad SMARTS) is 1. The van der Waals surface area contributed by atoms with E-state index in [0.717, 1.165) is 27.8 Å². The van der Waals surface area contributed by atoms with Crippen LogP contribution in [0.5, 0.6) is 17.2 Å². The third kappa shape index (κ3) is 5.57. The molecular weight excluding hydrogens is 510 g/mol. The Morgan fingerprint density at radius 2 is 1.83 bits per heavy atom. The van der Waals surface area contributed by atoms with E-state index < -0.39 is 17.3 Å². The summed E-state index contributed by atoms with van der Waals surface area (Å²) in [6.45, 7) is 5.55. The second kappa shape index (κ2) is 9.96. The SMILES string of the molecule is CC1Cc2cc(C(C)(C)C(=O)N/C(=C/c3ccc(Oc4ccccc4Br)cc3)C(=O)O)ccc2O1. The Kier molecular flexibility index (Phi) is 6.98. The first-order valence-electron chi connectivity index (χ1n) is 11.2. The quantitative estimate of drug-likeness (QED) is 0.358. The number of carbonyl (C=O) groups is 2. The second-order valence-electron chi connectivity index (χ2n) is 9.00. The van der Waals surface area contributed by atoms with Crippen molar-refractivity contribution >= 4 is 33.9 Å². The molecule has 35 heavy (non-hydrogen) atoms. The van der Waals surface area contributed by atoms with Gasteiger partial charge in [0, 0.05) is 6.42 Å². The minimum atomic E-state index is -1.22. The zero-order valence-electron chi connectivity index (χ0n) is 19.7. The number of carboxylic acids is 1. The van der Waals surface area contributed by atoms with Gasteiger partial charge in [0.15, 0.2) is 0 Å². The van der Waals surface area contributed by atoms with Crippen LogP contribution in [-0.4, -0.2) is 23.1 Å². The first-order valence-corrected chi connectivity index (χ1v) is 12.0. The predicted molar refractivity (Wildman–Crippen MR) is 138 cm³/mol. The van der Waals surface area contributed by atoms with Crippen molar-refractivity contribution in [2.75, 3.05) is 0 Å². The Labute approximate surface area is 212 Å². The molecule has 0 aliphatic carbocycles. The summed E-state index contributed by atoms with van der Waals surface area (Å²) in [5, 5.41) is 12.3. The second-order valence-corrected chi connectivity index (χ2v) is 9.85. The zero-order chi connectivity index (χ0) is 25.2. The fourth-order valence-electron chi connectivity index (χ4n) is 3.82. The summed E-state index contributed by atoms with van der Waals surface area (Å²) in [5.41, 5.74) is 1.31. The molecule has 2 N–H and O–H groups in total. The van der Waals surface area contributed by atoms with Crippen LogP contribution in [0.2, 0.25) is 0 Å². The molecule has 3 aromatic carbocycles. The van der Waals surface area contributed by atoms with Crippen molar-refractivity contribution in [2.45, 2.75) is 38.7 Å². The Balaban J connectivity index is 1.50. The maximum absolute atomic E-state index is 13.2. The van der Waals surface area contributed by atoms with Crippen LogP contribution in [0, 0.1) is 0 Å². The first-order chi connectivity index (χ1) is 16.6. The minimum Gasteiger partial charge on any atom is -0.490 e. The fraction of sp³-hybridized carbons (Fsp3) is 0.214. The number of nitrogens with one attached hydrogen (secondary N) is 1. The molecule has 6 nitrogen and oxygen atoms in total. The molecule has 1 atom stereocenters. The van der Waals surface area contributed by atoms with Gasteiger partial charge in [-0.1, -0.05) is 36.4 Å². The van der Waals surface area contributed by atoms with Crippen LogP contribution in [0.3, 0.4) is 0 Å². The number of amides is 1. The number of aliphatic carboxylic acids is 1. The maximum atomic E-state index is 13.2. The van der Waals surface area contributed by atoms with Gasteiger partial charge in [0.1, 0.15) is 29.0 Å². The number of hydrogen-bond donors (Lipinski definition) is 2. The molecule has 7 heteroatoms. The Hall–Kier alpha value is -3.58. The Bertz CT molecular complexity index is 1300. The van der Waals surface area contributed by atoms with Gasteiger partial charge >= 0.3 is 5.97 Å². The lowest BCUT2D eigenvalue weighted by molar-refractivity contribution is -0.135. The summed E-state index contributed by atoms with van der Waals surface area (Å²) in [7, 11) is 0. The van der Waals surface area contributed by atoms with Crippen molar-refractivity contribution in [3.8, 4) is 17.2 Å². The van der Waals surface area contributed by atoms with Crippen molar-refractivity contribution in [2.24, 2.45) is 0 Å². The van der Waals surface area contributed by atoms with Gasteiger partial charge in [0.05, 0.1) is 9.89 Å². The molecule has 1 aliphatic rings. The Morgan fingerprint density at radius 1 is 1.11 bits per heavy atom. The van der Waals surface area contributed by atoms with Gasteiger partial charge in [-0.05, 0) is 89.8 Å². The van der Waals surface area contributed by atoms with Gasteiger partial charge in [0.25, 0.3) is 0 Å². The third-order valence-corrected chi connectivity index (χ3v) is 6.57. The number of carbonyl (C=O) groups excluding carboxylic acids is 1. The van der Waals surface area contributed by atoms with E-state index in [-0.39, 0.29) is 11.8 Å². The number of fused-ring (bicyclic) bond motifs is 1. The average molecular weight is 536 g/mol. The summed E-state index contributed by atoms with van der Waals surface area (Å²) in [6.07, 6.45) is 2.31. The molecule has 1 unspecified atom stereocenters. The van der Waals surface area contributed by atoms with Crippen molar-refractivity contribution < 1.29 is 24.2 Å². The van der Waals surface area contributed by atoms with Crippen LogP contribution in [0.25, 0.3) is 6.08 Å². The van der Waals surface area contributed by atoms with Crippen molar-refractivity contribution in [1.29, 1.82) is 0 Å². The van der Waals surface area contributed by atoms with E-state index in [0.29, 0.717) is 17.1 Å². The van der Waals surface area contributed by atoms with Gasteiger partial charge in [-0.25, -0.2) is 4.79 Å². The van der Waals surface area contributed by atoms with Crippen LogP contribution >= 0.6 is 15.9 Å². The van der Waals surface area contributed by atoms with E-state index in [2.05, 4.69) is 21.2 Å². The normalized spacial score (nSPS) is 15.2. The van der Waals surface area contributed by atoms with E-state index in [9.17, 15) is 14.7 Å². The largest absolute Gasteiger partial charge is 0.490 e. The summed E-state index contributed by atoms with van der Waals surface area (Å²) >= 11 is 3.44. The Morgan fingerprint density at radius 3 is 2.51 bits per heavy atom. The van der Waals surface area contributed by atoms with Gasteiger partial charge in [0.2, 0.25) is 5.91 Å². The molecule has 4 rings (SSSR count). The summed E-state index contributed by atoms with van der Waals surface area (Å²) in [4.78, 5) is 25.1. The monoisotopic (exact) mass is 535 g/mol.